The van der Waals surface area contributed by atoms with Gasteiger partial charge in [-0.25, -0.2) is 0 Å². The Hall–Kier alpha value is -3.12. The summed E-state index contributed by atoms with van der Waals surface area (Å²) < 4.78 is 5.77. The minimum absolute atomic E-state index is 0.0190. The molecule has 2 aliphatic heterocycles. The van der Waals surface area contributed by atoms with Crippen LogP contribution in [0.1, 0.15) is 56.0 Å². The van der Waals surface area contributed by atoms with E-state index < -0.39 is 17.7 Å². The van der Waals surface area contributed by atoms with Crippen LogP contribution in [0.25, 0.3) is 5.76 Å². The van der Waals surface area contributed by atoms with Gasteiger partial charge in [0.1, 0.15) is 17.6 Å². The van der Waals surface area contributed by atoms with E-state index >= 15 is 0 Å². The molecule has 2 aromatic rings. The Morgan fingerprint density at radius 1 is 1.12 bits per heavy atom. The highest BCUT2D eigenvalue weighted by Crippen LogP contribution is 2.41. The van der Waals surface area contributed by atoms with Gasteiger partial charge in [0.2, 0.25) is 0 Å². The van der Waals surface area contributed by atoms with Crippen LogP contribution in [0.3, 0.4) is 0 Å². The lowest BCUT2D eigenvalue weighted by molar-refractivity contribution is -0.140. The molecule has 2 heterocycles. The van der Waals surface area contributed by atoms with Gasteiger partial charge >= 0.3 is 0 Å². The highest BCUT2D eigenvalue weighted by Gasteiger charge is 2.46. The van der Waals surface area contributed by atoms with Crippen molar-refractivity contribution in [1.29, 1.82) is 0 Å². The third-order valence-electron chi connectivity index (χ3n) is 6.59. The van der Waals surface area contributed by atoms with Crippen molar-refractivity contribution < 1.29 is 19.4 Å². The number of hydrogen-bond acceptors (Lipinski definition) is 5. The first-order chi connectivity index (χ1) is 16.0. The van der Waals surface area contributed by atoms with Gasteiger partial charge in [-0.15, -0.1) is 0 Å². The molecule has 0 spiro atoms. The summed E-state index contributed by atoms with van der Waals surface area (Å²) >= 11 is 0. The van der Waals surface area contributed by atoms with Crippen molar-refractivity contribution in [3.8, 4) is 5.75 Å². The molecule has 2 aliphatic rings. The number of ether oxygens (including phenoxy) is 1. The third kappa shape index (κ3) is 4.47. The highest BCUT2D eigenvalue weighted by molar-refractivity contribution is 6.46. The minimum Gasteiger partial charge on any atom is -0.507 e. The van der Waals surface area contributed by atoms with E-state index in [1.807, 2.05) is 62.3 Å². The second kappa shape index (κ2) is 8.91. The average molecular weight is 463 g/mol. The number of Topliss-reactive ketones (excluding diaryl/α,β-unsaturated/α-hetero) is 1. The van der Waals surface area contributed by atoms with E-state index in [-0.39, 0.29) is 22.9 Å². The number of fused-ring (bicyclic) bond motifs is 1. The van der Waals surface area contributed by atoms with E-state index in [2.05, 4.69) is 20.8 Å². The predicted octanol–water partition coefficient (Wildman–Crippen LogP) is 4.29. The van der Waals surface area contributed by atoms with Crippen molar-refractivity contribution in [1.82, 2.24) is 9.80 Å². The molecule has 1 N–H and O–H groups in total. The van der Waals surface area contributed by atoms with Gasteiger partial charge in [-0.3, -0.25) is 9.59 Å². The lowest BCUT2D eigenvalue weighted by Gasteiger charge is -2.27. The molecule has 6 heteroatoms. The first-order valence-corrected chi connectivity index (χ1v) is 11.8. The van der Waals surface area contributed by atoms with Gasteiger partial charge in [0.25, 0.3) is 11.7 Å². The summed E-state index contributed by atoms with van der Waals surface area (Å²) in [4.78, 5) is 29.9. The number of nitrogens with zero attached hydrogens (tertiary/aromatic N) is 2. The maximum absolute atomic E-state index is 13.2. The van der Waals surface area contributed by atoms with Crippen LogP contribution in [0.4, 0.5) is 0 Å². The monoisotopic (exact) mass is 462 g/mol. The molecule has 2 aromatic carbocycles. The van der Waals surface area contributed by atoms with Crippen LogP contribution in [0.2, 0.25) is 0 Å². The molecule has 1 saturated heterocycles. The first-order valence-electron chi connectivity index (χ1n) is 11.8. The van der Waals surface area contributed by atoms with Crippen molar-refractivity contribution in [3.63, 3.8) is 0 Å². The fourth-order valence-electron chi connectivity index (χ4n) is 4.66. The number of carbonyl (C=O) groups is 2. The fraction of sp³-hybridized carbons (Fsp3) is 0.429. The molecule has 0 unspecified atom stereocenters. The number of amides is 1. The van der Waals surface area contributed by atoms with Crippen LogP contribution in [-0.2, 0) is 21.4 Å². The van der Waals surface area contributed by atoms with Crippen LogP contribution in [0.15, 0.2) is 48.0 Å². The summed E-state index contributed by atoms with van der Waals surface area (Å²) in [5, 5.41) is 11.3. The Kier molecular flexibility index (Phi) is 6.30. The Morgan fingerprint density at radius 3 is 2.41 bits per heavy atom. The first kappa shape index (κ1) is 24.0. The summed E-state index contributed by atoms with van der Waals surface area (Å²) in [5.41, 5.74) is 3.61. The number of hydrogen-bond donors (Lipinski definition) is 1. The van der Waals surface area contributed by atoms with Crippen LogP contribution >= 0.6 is 0 Å². The smallest absolute Gasteiger partial charge is 0.295 e. The fourth-order valence-corrected chi connectivity index (χ4v) is 4.66. The minimum atomic E-state index is -0.647. The molecule has 0 aliphatic carbocycles. The molecule has 0 bridgehead atoms. The molecule has 1 amide bonds. The second-order valence-electron chi connectivity index (χ2n) is 10.6. The standard InChI is InChI=1S/C28H34N2O4/c1-17-15-20-16-19(9-12-22(20)34-17)25(31)23-24(18-7-10-21(11-8-18)28(2,3)4)30(14-13-29(5)6)27(33)26(23)32/h7-12,16-17,24,31H,13-15H2,1-6H3/t17-,24+/m0/s1. The summed E-state index contributed by atoms with van der Waals surface area (Å²) in [6.07, 6.45) is 0.816. The average Bonchev–Trinajstić information content (AvgIpc) is 3.27. The number of carbonyl (C=O) groups excluding carboxylic acids is 2. The predicted molar refractivity (Wildman–Crippen MR) is 133 cm³/mol. The number of likely N-dealkylation sites (N-methyl/N-ethyl adjacent to an activating group) is 1. The van der Waals surface area contributed by atoms with Crippen molar-refractivity contribution in [2.45, 2.75) is 51.7 Å². The number of likely N-dealkylation sites (tertiary alicyclic amines) is 1. The van der Waals surface area contributed by atoms with Gasteiger partial charge in [-0.2, -0.15) is 0 Å². The number of benzene rings is 2. The molecule has 4 rings (SSSR count). The van der Waals surface area contributed by atoms with Crippen LogP contribution < -0.4 is 4.74 Å². The Balaban J connectivity index is 1.81. The Labute approximate surface area is 201 Å². The summed E-state index contributed by atoms with van der Waals surface area (Å²) in [7, 11) is 3.86. The summed E-state index contributed by atoms with van der Waals surface area (Å²) in [6, 6.07) is 12.8. The topological polar surface area (TPSA) is 70.1 Å². The molecule has 0 saturated carbocycles. The number of aliphatic hydroxyl groups is 1. The van der Waals surface area contributed by atoms with Crippen LogP contribution in [0, 0.1) is 0 Å². The van der Waals surface area contributed by atoms with E-state index in [9.17, 15) is 14.7 Å². The molecule has 1 fully saturated rings. The van der Waals surface area contributed by atoms with Crippen molar-refractivity contribution in [3.05, 3.63) is 70.3 Å². The van der Waals surface area contributed by atoms with Gasteiger partial charge in [0.15, 0.2) is 0 Å². The highest BCUT2D eigenvalue weighted by atomic mass is 16.5. The number of aliphatic hydroxyl groups excluding tert-OH is 1. The number of ketones is 1. The van der Waals surface area contributed by atoms with E-state index in [1.165, 1.54) is 0 Å². The quantitative estimate of drug-likeness (QED) is 0.408. The van der Waals surface area contributed by atoms with Crippen LogP contribution in [-0.4, -0.2) is 59.9 Å². The number of rotatable bonds is 5. The largest absolute Gasteiger partial charge is 0.507 e. The van der Waals surface area contributed by atoms with E-state index in [1.54, 1.807) is 11.0 Å². The molecule has 0 aromatic heterocycles. The van der Waals surface area contributed by atoms with Crippen LogP contribution in [0.5, 0.6) is 5.75 Å². The van der Waals surface area contributed by atoms with E-state index in [0.29, 0.717) is 18.7 Å². The normalized spacial score (nSPS) is 21.8. The summed E-state index contributed by atoms with van der Waals surface area (Å²) in [5.74, 6) is -0.569. The molecular weight excluding hydrogens is 428 g/mol. The van der Waals surface area contributed by atoms with E-state index in [4.69, 9.17) is 4.74 Å². The molecule has 6 nitrogen and oxygen atoms in total. The molecule has 180 valence electrons. The van der Waals surface area contributed by atoms with Crippen molar-refractivity contribution in [2.75, 3.05) is 27.2 Å². The lowest BCUT2D eigenvalue weighted by atomic mass is 9.85. The van der Waals surface area contributed by atoms with Gasteiger partial charge in [-0.1, -0.05) is 45.0 Å². The maximum Gasteiger partial charge on any atom is 0.295 e. The van der Waals surface area contributed by atoms with Crippen molar-refractivity contribution in [2.24, 2.45) is 0 Å². The van der Waals surface area contributed by atoms with Gasteiger partial charge in [0.05, 0.1) is 11.6 Å². The molecule has 2 atom stereocenters. The zero-order valence-corrected chi connectivity index (χ0v) is 20.9. The lowest BCUT2D eigenvalue weighted by Crippen LogP contribution is -2.35. The van der Waals surface area contributed by atoms with E-state index in [0.717, 1.165) is 28.9 Å². The molecular formula is C28H34N2O4. The molecule has 34 heavy (non-hydrogen) atoms. The SMILES string of the molecule is C[C@H]1Cc2cc(C(O)=C3C(=O)C(=O)N(CCN(C)C)[C@@H]3c3ccc(C(C)(C)C)cc3)ccc2O1. The zero-order chi connectivity index (χ0) is 24.8. The summed E-state index contributed by atoms with van der Waals surface area (Å²) in [6.45, 7) is 9.42. The van der Waals surface area contributed by atoms with Crippen molar-refractivity contribution >= 4 is 17.4 Å². The van der Waals surface area contributed by atoms with Gasteiger partial charge in [0, 0.05) is 25.1 Å². The Bertz CT molecular complexity index is 1140. The molecule has 0 radical (unpaired) electrons. The maximum atomic E-state index is 13.2. The Morgan fingerprint density at radius 2 is 1.79 bits per heavy atom. The third-order valence-corrected chi connectivity index (χ3v) is 6.59. The van der Waals surface area contributed by atoms with Gasteiger partial charge in [-0.05, 0) is 61.3 Å². The zero-order valence-electron chi connectivity index (χ0n) is 20.9. The van der Waals surface area contributed by atoms with Gasteiger partial charge < -0.3 is 19.6 Å². The second-order valence-corrected chi connectivity index (χ2v) is 10.6.